The minimum Gasteiger partial charge on any atom is -0.353 e. The molecule has 1 aromatic carbocycles. The molecule has 2 aliphatic heterocycles. The molecule has 1 amide bonds. The van der Waals surface area contributed by atoms with Crippen molar-refractivity contribution in [3.63, 3.8) is 0 Å². The predicted molar refractivity (Wildman–Crippen MR) is 115 cm³/mol. The lowest BCUT2D eigenvalue weighted by Gasteiger charge is -2.32. The smallest absolute Gasteiger partial charge is 0.241 e. The molecule has 3 heterocycles. The second-order valence-electron chi connectivity index (χ2n) is 8.36. The maximum Gasteiger partial charge on any atom is 0.241 e. The van der Waals surface area contributed by atoms with Crippen molar-refractivity contribution >= 4 is 5.91 Å². The normalized spacial score (nSPS) is 21.2. The number of aromatic nitrogens is 2. The van der Waals surface area contributed by atoms with Gasteiger partial charge in [-0.25, -0.2) is 0 Å². The number of likely N-dealkylation sites (tertiary alicyclic amines) is 1. The minimum absolute atomic E-state index is 0.0422. The Bertz CT molecular complexity index is 761. The first-order valence-corrected chi connectivity index (χ1v) is 11.1. The Hall–Kier alpha value is -2.18. The van der Waals surface area contributed by atoms with Gasteiger partial charge in [0, 0.05) is 31.7 Å². The number of hydrogen-bond donors (Lipinski definition) is 2. The highest BCUT2D eigenvalue weighted by Crippen LogP contribution is 2.27. The Labute approximate surface area is 173 Å². The molecule has 1 unspecified atom stereocenters. The third kappa shape index (κ3) is 5.67. The highest BCUT2D eigenvalue weighted by molar-refractivity contribution is 5.75. The van der Waals surface area contributed by atoms with Gasteiger partial charge in [0.05, 0.1) is 5.69 Å². The van der Waals surface area contributed by atoms with Crippen LogP contribution in [0.1, 0.15) is 48.8 Å². The molecule has 6 heteroatoms. The van der Waals surface area contributed by atoms with Crippen LogP contribution in [0.15, 0.2) is 42.6 Å². The standard InChI is InChI=1S/C23H33N5O/c29-23(18-28-15-10-22(26-28)21-7-4-11-24-17-21)25-12-16-27-13-8-20(9-14-27)19-5-2-1-3-6-19/h1-3,5-6,10,15,20-21,24H,4,7-9,11-14,16-18H2,(H,25,29). The molecule has 1 aromatic heterocycles. The second kappa shape index (κ2) is 10.0. The van der Waals surface area contributed by atoms with Gasteiger partial charge in [-0.3, -0.25) is 9.48 Å². The lowest BCUT2D eigenvalue weighted by molar-refractivity contribution is -0.121. The minimum atomic E-state index is 0.0422. The number of benzene rings is 1. The van der Waals surface area contributed by atoms with Crippen LogP contribution in [0, 0.1) is 0 Å². The molecule has 2 fully saturated rings. The van der Waals surface area contributed by atoms with Gasteiger partial charge in [-0.05, 0) is 62.9 Å². The van der Waals surface area contributed by atoms with E-state index < -0.39 is 0 Å². The third-order valence-electron chi connectivity index (χ3n) is 6.29. The van der Waals surface area contributed by atoms with Crippen LogP contribution < -0.4 is 10.6 Å². The Morgan fingerprint density at radius 3 is 2.69 bits per heavy atom. The van der Waals surface area contributed by atoms with E-state index in [-0.39, 0.29) is 5.91 Å². The number of amides is 1. The summed E-state index contributed by atoms with van der Waals surface area (Å²) in [5.74, 6) is 1.20. The zero-order valence-corrected chi connectivity index (χ0v) is 17.2. The van der Waals surface area contributed by atoms with Crippen LogP contribution in [0.3, 0.4) is 0 Å². The number of nitrogens with zero attached hydrogens (tertiary/aromatic N) is 3. The molecular weight excluding hydrogens is 362 g/mol. The zero-order chi connectivity index (χ0) is 19.9. The van der Waals surface area contributed by atoms with Crippen LogP contribution in [0.2, 0.25) is 0 Å². The molecule has 1 atom stereocenters. The third-order valence-corrected chi connectivity index (χ3v) is 6.29. The summed E-state index contributed by atoms with van der Waals surface area (Å²) in [6.07, 6.45) is 6.70. The monoisotopic (exact) mass is 395 g/mol. The maximum absolute atomic E-state index is 12.3. The summed E-state index contributed by atoms with van der Waals surface area (Å²) in [5.41, 5.74) is 2.56. The van der Waals surface area contributed by atoms with Gasteiger partial charge in [0.25, 0.3) is 0 Å². The Kier molecular flexibility index (Phi) is 6.96. The van der Waals surface area contributed by atoms with Crippen LogP contribution >= 0.6 is 0 Å². The summed E-state index contributed by atoms with van der Waals surface area (Å²) in [6, 6.07) is 12.9. The summed E-state index contributed by atoms with van der Waals surface area (Å²) >= 11 is 0. The SMILES string of the molecule is O=C(Cn1ccc(C2CCCNC2)n1)NCCN1CCC(c2ccccc2)CC1. The van der Waals surface area contributed by atoms with Crippen molar-refractivity contribution in [1.29, 1.82) is 0 Å². The molecule has 2 aliphatic rings. The summed E-state index contributed by atoms with van der Waals surface area (Å²) < 4.78 is 1.77. The van der Waals surface area contributed by atoms with Crippen LogP contribution in [0.4, 0.5) is 0 Å². The van der Waals surface area contributed by atoms with Gasteiger partial charge in [-0.1, -0.05) is 30.3 Å². The fourth-order valence-corrected chi connectivity index (χ4v) is 4.56. The molecule has 0 radical (unpaired) electrons. The summed E-state index contributed by atoms with van der Waals surface area (Å²) in [4.78, 5) is 14.7. The lowest BCUT2D eigenvalue weighted by atomic mass is 9.89. The number of carbonyl (C=O) groups excluding carboxylic acids is 1. The molecule has 4 rings (SSSR count). The molecule has 6 nitrogen and oxygen atoms in total. The van der Waals surface area contributed by atoms with E-state index in [1.165, 1.54) is 31.2 Å². The van der Waals surface area contributed by atoms with Gasteiger partial charge < -0.3 is 15.5 Å². The first kappa shape index (κ1) is 20.1. The molecule has 2 N–H and O–H groups in total. The number of hydrogen-bond acceptors (Lipinski definition) is 4. The van der Waals surface area contributed by atoms with Crippen molar-refractivity contribution in [2.45, 2.75) is 44.1 Å². The number of piperidine rings is 2. The molecular formula is C23H33N5O. The highest BCUT2D eigenvalue weighted by Gasteiger charge is 2.20. The van der Waals surface area contributed by atoms with E-state index in [1.54, 1.807) is 4.68 Å². The van der Waals surface area contributed by atoms with Gasteiger partial charge in [0.15, 0.2) is 0 Å². The zero-order valence-electron chi connectivity index (χ0n) is 17.2. The average molecular weight is 396 g/mol. The molecule has 0 saturated carbocycles. The summed E-state index contributed by atoms with van der Waals surface area (Å²) in [7, 11) is 0. The largest absolute Gasteiger partial charge is 0.353 e. The van der Waals surface area contributed by atoms with Crippen LogP contribution in [0.25, 0.3) is 0 Å². The van der Waals surface area contributed by atoms with Gasteiger partial charge in [0.2, 0.25) is 5.91 Å². The first-order chi connectivity index (χ1) is 14.3. The van der Waals surface area contributed by atoms with Crippen molar-refractivity contribution in [2.24, 2.45) is 0 Å². The molecule has 2 aromatic rings. The van der Waals surface area contributed by atoms with Crippen LogP contribution in [0.5, 0.6) is 0 Å². The topological polar surface area (TPSA) is 62.2 Å². The Balaban J connectivity index is 1.14. The first-order valence-electron chi connectivity index (χ1n) is 11.1. The van der Waals surface area contributed by atoms with Crippen molar-refractivity contribution in [1.82, 2.24) is 25.3 Å². The molecule has 0 spiro atoms. The molecule has 0 bridgehead atoms. The van der Waals surface area contributed by atoms with E-state index in [1.807, 2.05) is 6.20 Å². The van der Waals surface area contributed by atoms with Gasteiger partial charge in [-0.2, -0.15) is 5.10 Å². The Morgan fingerprint density at radius 1 is 1.10 bits per heavy atom. The van der Waals surface area contributed by atoms with Gasteiger partial charge in [-0.15, -0.1) is 0 Å². The predicted octanol–water partition coefficient (Wildman–Crippen LogP) is 2.35. The van der Waals surface area contributed by atoms with E-state index in [4.69, 9.17) is 0 Å². The second-order valence-corrected chi connectivity index (χ2v) is 8.36. The van der Waals surface area contributed by atoms with Crippen molar-refractivity contribution in [3.8, 4) is 0 Å². The fourth-order valence-electron chi connectivity index (χ4n) is 4.56. The average Bonchev–Trinajstić information content (AvgIpc) is 3.24. The van der Waals surface area contributed by atoms with E-state index in [9.17, 15) is 4.79 Å². The molecule has 156 valence electrons. The van der Waals surface area contributed by atoms with Gasteiger partial charge >= 0.3 is 0 Å². The fraction of sp³-hybridized carbons (Fsp3) is 0.565. The lowest BCUT2D eigenvalue weighted by Crippen LogP contribution is -2.40. The number of nitrogens with one attached hydrogen (secondary N) is 2. The summed E-state index contributed by atoms with van der Waals surface area (Å²) in [6.45, 7) is 6.23. The van der Waals surface area contributed by atoms with E-state index in [0.717, 1.165) is 38.4 Å². The Morgan fingerprint density at radius 2 is 1.93 bits per heavy atom. The maximum atomic E-state index is 12.3. The summed E-state index contributed by atoms with van der Waals surface area (Å²) in [5, 5.41) is 11.1. The van der Waals surface area contributed by atoms with Crippen molar-refractivity contribution in [2.75, 3.05) is 39.3 Å². The molecule has 0 aliphatic carbocycles. The number of rotatable bonds is 7. The molecule has 2 saturated heterocycles. The van der Waals surface area contributed by atoms with Crippen molar-refractivity contribution < 1.29 is 4.79 Å². The van der Waals surface area contributed by atoms with Crippen LogP contribution in [-0.2, 0) is 11.3 Å². The van der Waals surface area contributed by atoms with Crippen molar-refractivity contribution in [3.05, 3.63) is 53.9 Å². The van der Waals surface area contributed by atoms with E-state index >= 15 is 0 Å². The van der Waals surface area contributed by atoms with Crippen LogP contribution in [-0.4, -0.2) is 59.9 Å². The van der Waals surface area contributed by atoms with E-state index in [0.29, 0.717) is 24.9 Å². The quantitative estimate of drug-likeness (QED) is 0.755. The number of carbonyl (C=O) groups is 1. The molecule has 29 heavy (non-hydrogen) atoms. The van der Waals surface area contributed by atoms with E-state index in [2.05, 4.69) is 57.0 Å². The van der Waals surface area contributed by atoms with Gasteiger partial charge in [0.1, 0.15) is 6.54 Å². The highest BCUT2D eigenvalue weighted by atomic mass is 16.2.